The van der Waals surface area contributed by atoms with E-state index < -0.39 is 5.60 Å². The van der Waals surface area contributed by atoms with Crippen molar-refractivity contribution < 1.29 is 5.11 Å². The summed E-state index contributed by atoms with van der Waals surface area (Å²) in [5.41, 5.74) is 2.33. The van der Waals surface area contributed by atoms with E-state index in [4.69, 9.17) is 0 Å². The van der Waals surface area contributed by atoms with Crippen molar-refractivity contribution in [2.24, 2.45) is 11.8 Å². The molecule has 0 saturated heterocycles. The fourth-order valence-corrected chi connectivity index (χ4v) is 2.73. The zero-order chi connectivity index (χ0) is 10.2. The van der Waals surface area contributed by atoms with Crippen molar-refractivity contribution in [2.45, 2.75) is 53.1 Å². The molecular formula is C12H22O. The van der Waals surface area contributed by atoms with E-state index in [1.54, 1.807) is 0 Å². The minimum atomic E-state index is -0.553. The molecule has 76 valence electrons. The van der Waals surface area contributed by atoms with E-state index in [2.05, 4.69) is 20.8 Å². The average Bonchev–Trinajstić information content (AvgIpc) is 2.28. The molecule has 0 aliphatic heterocycles. The highest BCUT2D eigenvalue weighted by molar-refractivity contribution is 5.21. The quantitative estimate of drug-likeness (QED) is 0.618. The predicted octanol–water partition coefficient (Wildman–Crippen LogP) is 3.14. The minimum absolute atomic E-state index is 0.373. The van der Waals surface area contributed by atoms with Gasteiger partial charge in [-0.1, -0.05) is 18.1 Å². The first-order valence-corrected chi connectivity index (χ1v) is 5.22. The summed E-state index contributed by atoms with van der Waals surface area (Å²) in [6.07, 6.45) is 2.41. The lowest BCUT2D eigenvalue weighted by Gasteiger charge is -2.31. The van der Waals surface area contributed by atoms with Crippen molar-refractivity contribution in [1.82, 2.24) is 0 Å². The Morgan fingerprint density at radius 1 is 1.38 bits per heavy atom. The second-order valence-corrected chi connectivity index (χ2v) is 5.17. The zero-order valence-corrected chi connectivity index (χ0v) is 9.52. The third kappa shape index (κ3) is 2.14. The average molecular weight is 182 g/mol. The van der Waals surface area contributed by atoms with Gasteiger partial charge in [-0.15, -0.1) is 0 Å². The van der Waals surface area contributed by atoms with Crippen LogP contribution in [0, 0.1) is 11.8 Å². The van der Waals surface area contributed by atoms with Crippen molar-refractivity contribution in [3.63, 3.8) is 0 Å². The van der Waals surface area contributed by atoms with Crippen molar-refractivity contribution >= 4 is 0 Å². The van der Waals surface area contributed by atoms with Crippen LogP contribution in [-0.4, -0.2) is 10.7 Å². The molecule has 2 atom stereocenters. The number of allylic oxidation sites excluding steroid dienone is 1. The van der Waals surface area contributed by atoms with E-state index in [1.807, 2.05) is 13.8 Å². The molecule has 1 nitrogen and oxygen atoms in total. The number of hydrogen-bond donors (Lipinski definition) is 1. The fraction of sp³-hybridized carbons (Fsp3) is 0.833. The minimum Gasteiger partial charge on any atom is -0.390 e. The summed E-state index contributed by atoms with van der Waals surface area (Å²) in [6, 6.07) is 0. The smallest absolute Gasteiger partial charge is 0.0659 e. The number of rotatable bonds is 1. The van der Waals surface area contributed by atoms with Crippen LogP contribution < -0.4 is 0 Å². The van der Waals surface area contributed by atoms with E-state index >= 15 is 0 Å². The monoisotopic (exact) mass is 182 g/mol. The molecule has 0 aromatic rings. The first kappa shape index (κ1) is 10.8. The first-order valence-electron chi connectivity index (χ1n) is 5.22. The Kier molecular flexibility index (Phi) is 2.86. The van der Waals surface area contributed by atoms with Crippen LogP contribution in [0.4, 0.5) is 0 Å². The van der Waals surface area contributed by atoms with Gasteiger partial charge in [0.1, 0.15) is 0 Å². The van der Waals surface area contributed by atoms with Crippen LogP contribution in [0.1, 0.15) is 47.5 Å². The van der Waals surface area contributed by atoms with Crippen LogP contribution in [0.25, 0.3) is 0 Å². The molecule has 0 bridgehead atoms. The lowest BCUT2D eigenvalue weighted by Crippen LogP contribution is -2.33. The Morgan fingerprint density at radius 2 is 1.92 bits per heavy atom. The molecule has 1 N–H and O–H groups in total. The van der Waals surface area contributed by atoms with Crippen molar-refractivity contribution in [3.8, 4) is 0 Å². The van der Waals surface area contributed by atoms with Crippen molar-refractivity contribution in [3.05, 3.63) is 11.1 Å². The van der Waals surface area contributed by atoms with Gasteiger partial charge in [0.05, 0.1) is 5.60 Å². The Bertz CT molecular complexity index is 216. The highest BCUT2D eigenvalue weighted by Crippen LogP contribution is 2.43. The molecule has 1 saturated carbocycles. The Morgan fingerprint density at radius 3 is 2.23 bits per heavy atom. The third-order valence-corrected chi connectivity index (χ3v) is 3.22. The van der Waals surface area contributed by atoms with E-state index in [1.165, 1.54) is 24.0 Å². The van der Waals surface area contributed by atoms with Crippen LogP contribution >= 0.6 is 0 Å². The van der Waals surface area contributed by atoms with Crippen LogP contribution in [0.2, 0.25) is 0 Å². The topological polar surface area (TPSA) is 20.2 Å². The maximum absolute atomic E-state index is 10.1. The van der Waals surface area contributed by atoms with Crippen LogP contribution in [0.5, 0.6) is 0 Å². The van der Waals surface area contributed by atoms with Gasteiger partial charge in [0, 0.05) is 5.92 Å². The highest BCUT2D eigenvalue weighted by atomic mass is 16.3. The summed E-state index contributed by atoms with van der Waals surface area (Å²) >= 11 is 0. The van der Waals surface area contributed by atoms with Crippen molar-refractivity contribution in [2.75, 3.05) is 0 Å². The molecule has 0 aromatic carbocycles. The predicted molar refractivity (Wildman–Crippen MR) is 56.6 cm³/mol. The van der Waals surface area contributed by atoms with Gasteiger partial charge in [-0.25, -0.2) is 0 Å². The molecule has 0 radical (unpaired) electrons. The van der Waals surface area contributed by atoms with E-state index in [-0.39, 0.29) is 0 Å². The maximum atomic E-state index is 10.1. The van der Waals surface area contributed by atoms with Gasteiger partial charge in [-0.05, 0) is 46.5 Å². The molecule has 0 spiro atoms. The SMILES string of the molecule is CC(C)=C1CC[C@H](C)[C@H]1C(C)(C)O. The standard InChI is InChI=1S/C12H22O/c1-8(2)10-7-6-9(3)11(10)12(4,5)13/h9,11,13H,6-7H2,1-5H3/t9-,11+/m0/s1. The van der Waals surface area contributed by atoms with Gasteiger partial charge in [0.2, 0.25) is 0 Å². The Balaban J connectivity index is 2.98. The van der Waals surface area contributed by atoms with E-state index in [0.717, 1.165) is 0 Å². The van der Waals surface area contributed by atoms with E-state index in [9.17, 15) is 5.11 Å². The molecule has 0 amide bonds. The summed E-state index contributed by atoms with van der Waals surface area (Å²) in [6.45, 7) is 10.4. The maximum Gasteiger partial charge on any atom is 0.0659 e. The molecule has 1 aliphatic rings. The highest BCUT2D eigenvalue weighted by Gasteiger charge is 2.38. The number of aliphatic hydroxyl groups is 1. The van der Waals surface area contributed by atoms with Gasteiger partial charge in [-0.2, -0.15) is 0 Å². The molecular weight excluding hydrogens is 160 g/mol. The molecule has 1 aliphatic carbocycles. The molecule has 1 rings (SSSR count). The summed E-state index contributed by atoms with van der Waals surface area (Å²) in [5.74, 6) is 1.00. The lowest BCUT2D eigenvalue weighted by atomic mass is 9.80. The molecule has 13 heavy (non-hydrogen) atoms. The normalized spacial score (nSPS) is 29.5. The fourth-order valence-electron chi connectivity index (χ4n) is 2.73. The van der Waals surface area contributed by atoms with Gasteiger partial charge in [0.25, 0.3) is 0 Å². The largest absolute Gasteiger partial charge is 0.390 e. The molecule has 0 aromatic heterocycles. The molecule has 1 fully saturated rings. The summed E-state index contributed by atoms with van der Waals surface area (Å²) in [4.78, 5) is 0. The van der Waals surface area contributed by atoms with Crippen LogP contribution in [0.3, 0.4) is 0 Å². The third-order valence-electron chi connectivity index (χ3n) is 3.22. The van der Waals surface area contributed by atoms with E-state index in [0.29, 0.717) is 11.8 Å². The first-order chi connectivity index (χ1) is 5.84. The van der Waals surface area contributed by atoms with Crippen LogP contribution in [0.15, 0.2) is 11.1 Å². The summed E-state index contributed by atoms with van der Waals surface area (Å²) < 4.78 is 0. The van der Waals surface area contributed by atoms with Gasteiger partial charge < -0.3 is 5.11 Å². The number of hydrogen-bond acceptors (Lipinski definition) is 1. The van der Waals surface area contributed by atoms with Crippen LogP contribution in [-0.2, 0) is 0 Å². The summed E-state index contributed by atoms with van der Waals surface area (Å²) in [5, 5.41) is 10.1. The second-order valence-electron chi connectivity index (χ2n) is 5.17. The van der Waals surface area contributed by atoms with Gasteiger partial charge in [-0.3, -0.25) is 0 Å². The molecule has 0 unspecified atom stereocenters. The molecule has 1 heteroatoms. The van der Waals surface area contributed by atoms with Crippen molar-refractivity contribution in [1.29, 1.82) is 0 Å². The van der Waals surface area contributed by atoms with Gasteiger partial charge >= 0.3 is 0 Å². The zero-order valence-electron chi connectivity index (χ0n) is 9.52. The lowest BCUT2D eigenvalue weighted by molar-refractivity contribution is 0.0183. The van der Waals surface area contributed by atoms with Gasteiger partial charge in [0.15, 0.2) is 0 Å². The Hall–Kier alpha value is -0.300. The molecule has 0 heterocycles. The Labute approximate surface area is 81.9 Å². The summed E-state index contributed by atoms with van der Waals surface area (Å²) in [7, 11) is 0. The second kappa shape index (κ2) is 3.45.